The molecule has 1 aromatic rings. The minimum absolute atomic E-state index is 0.418. The maximum absolute atomic E-state index is 5.66. The van der Waals surface area contributed by atoms with Gasteiger partial charge in [-0.3, -0.25) is 0 Å². The van der Waals surface area contributed by atoms with E-state index < -0.39 is 0 Å². The Hall–Kier alpha value is -0.940. The van der Waals surface area contributed by atoms with Crippen molar-refractivity contribution in [2.75, 3.05) is 13.7 Å². The first-order chi connectivity index (χ1) is 7.83. The molecule has 0 aromatic carbocycles. The van der Waals surface area contributed by atoms with Gasteiger partial charge in [0.1, 0.15) is 6.61 Å². The third kappa shape index (κ3) is 2.59. The summed E-state index contributed by atoms with van der Waals surface area (Å²) >= 11 is 0. The average molecular weight is 225 g/mol. The highest BCUT2D eigenvalue weighted by Crippen LogP contribution is 2.34. The van der Waals surface area contributed by atoms with Gasteiger partial charge in [0.15, 0.2) is 5.82 Å². The molecule has 16 heavy (non-hydrogen) atoms. The number of rotatable bonds is 4. The number of methoxy groups -OCH3 is 1. The lowest BCUT2D eigenvalue weighted by atomic mass is 9.82. The molecule has 1 saturated carbocycles. The zero-order valence-electron chi connectivity index (χ0n) is 9.69. The predicted octanol–water partition coefficient (Wildman–Crippen LogP) is 1.45. The van der Waals surface area contributed by atoms with Gasteiger partial charge >= 0.3 is 0 Å². The normalized spacial score (nSPS) is 25.9. The van der Waals surface area contributed by atoms with Crippen LogP contribution in [0.15, 0.2) is 4.52 Å². The Bertz CT molecular complexity index is 319. The van der Waals surface area contributed by atoms with E-state index in [2.05, 4.69) is 10.1 Å². The summed E-state index contributed by atoms with van der Waals surface area (Å²) in [5.41, 5.74) is 5.66. The standard InChI is InChI=1S/C11H19N3O2/c1-15-7-10-13-11(16-14-10)9-4-2-8(6-12)3-5-9/h8-9H,2-7,12H2,1H3. The Kier molecular flexibility index (Phi) is 3.90. The zero-order chi connectivity index (χ0) is 11.4. The number of ether oxygens (including phenoxy) is 1. The molecule has 0 atom stereocenters. The first kappa shape index (κ1) is 11.5. The Morgan fingerprint density at radius 2 is 2.12 bits per heavy atom. The number of nitrogens with zero attached hydrogens (tertiary/aromatic N) is 2. The molecule has 0 radical (unpaired) electrons. The summed E-state index contributed by atoms with van der Waals surface area (Å²) in [6, 6.07) is 0. The van der Waals surface area contributed by atoms with Crippen molar-refractivity contribution in [3.8, 4) is 0 Å². The molecule has 1 aliphatic carbocycles. The number of nitrogens with two attached hydrogens (primary N) is 1. The van der Waals surface area contributed by atoms with E-state index in [9.17, 15) is 0 Å². The molecular weight excluding hydrogens is 206 g/mol. The number of hydrogen-bond acceptors (Lipinski definition) is 5. The summed E-state index contributed by atoms with van der Waals surface area (Å²) in [5.74, 6) is 2.50. The molecule has 0 unspecified atom stereocenters. The van der Waals surface area contributed by atoms with Crippen LogP contribution >= 0.6 is 0 Å². The van der Waals surface area contributed by atoms with Crippen LogP contribution in [0.1, 0.15) is 43.3 Å². The van der Waals surface area contributed by atoms with Crippen LogP contribution in [0.4, 0.5) is 0 Å². The molecule has 1 heterocycles. The van der Waals surface area contributed by atoms with Crippen molar-refractivity contribution in [1.82, 2.24) is 10.1 Å². The first-order valence-corrected chi connectivity index (χ1v) is 5.85. The largest absolute Gasteiger partial charge is 0.377 e. The molecule has 90 valence electrons. The molecule has 2 N–H and O–H groups in total. The molecule has 0 spiro atoms. The quantitative estimate of drug-likeness (QED) is 0.839. The van der Waals surface area contributed by atoms with Crippen LogP contribution in [0.3, 0.4) is 0 Å². The Balaban J connectivity index is 1.92. The first-order valence-electron chi connectivity index (χ1n) is 5.85. The molecule has 0 bridgehead atoms. The Labute approximate surface area is 95.3 Å². The minimum Gasteiger partial charge on any atom is -0.377 e. The van der Waals surface area contributed by atoms with Gasteiger partial charge in [-0.15, -0.1) is 0 Å². The van der Waals surface area contributed by atoms with E-state index >= 15 is 0 Å². The van der Waals surface area contributed by atoms with Gasteiger partial charge in [-0.25, -0.2) is 0 Å². The highest BCUT2D eigenvalue weighted by molar-refractivity contribution is 4.95. The van der Waals surface area contributed by atoms with E-state index in [4.69, 9.17) is 15.0 Å². The third-order valence-electron chi connectivity index (χ3n) is 3.29. The van der Waals surface area contributed by atoms with E-state index in [1.807, 2.05) is 0 Å². The average Bonchev–Trinajstić information content (AvgIpc) is 2.78. The van der Waals surface area contributed by atoms with Crippen LogP contribution in [0.5, 0.6) is 0 Å². The fourth-order valence-electron chi connectivity index (χ4n) is 2.27. The summed E-state index contributed by atoms with van der Waals surface area (Å²) in [6.45, 7) is 1.22. The summed E-state index contributed by atoms with van der Waals surface area (Å²) < 4.78 is 10.2. The van der Waals surface area contributed by atoms with E-state index in [0.717, 1.165) is 25.3 Å². The topological polar surface area (TPSA) is 74.2 Å². The second-order valence-corrected chi connectivity index (χ2v) is 4.44. The Morgan fingerprint density at radius 1 is 1.38 bits per heavy atom. The molecule has 5 nitrogen and oxygen atoms in total. The van der Waals surface area contributed by atoms with Gasteiger partial charge in [0.25, 0.3) is 0 Å². The second kappa shape index (κ2) is 5.41. The van der Waals surface area contributed by atoms with Gasteiger partial charge in [-0.1, -0.05) is 5.16 Å². The summed E-state index contributed by atoms with van der Waals surface area (Å²) in [7, 11) is 1.63. The summed E-state index contributed by atoms with van der Waals surface area (Å²) in [6.07, 6.45) is 4.55. The van der Waals surface area contributed by atoms with Crippen molar-refractivity contribution in [3.05, 3.63) is 11.7 Å². The van der Waals surface area contributed by atoms with E-state index in [1.165, 1.54) is 12.8 Å². The van der Waals surface area contributed by atoms with Gasteiger partial charge in [0, 0.05) is 13.0 Å². The van der Waals surface area contributed by atoms with Crippen LogP contribution in [-0.4, -0.2) is 23.8 Å². The highest BCUT2D eigenvalue weighted by Gasteiger charge is 2.25. The molecule has 1 fully saturated rings. The summed E-state index contributed by atoms with van der Waals surface area (Å²) in [4.78, 5) is 4.34. The van der Waals surface area contributed by atoms with Crippen LogP contribution in [-0.2, 0) is 11.3 Å². The fraction of sp³-hybridized carbons (Fsp3) is 0.818. The van der Waals surface area contributed by atoms with Crippen LogP contribution in [0, 0.1) is 5.92 Å². The van der Waals surface area contributed by atoms with Crippen LogP contribution in [0.2, 0.25) is 0 Å². The van der Waals surface area contributed by atoms with Crippen molar-refractivity contribution in [2.45, 2.75) is 38.2 Å². The molecular formula is C11H19N3O2. The second-order valence-electron chi connectivity index (χ2n) is 4.44. The SMILES string of the molecule is COCc1noc(C2CCC(CN)CC2)n1. The maximum atomic E-state index is 5.66. The third-order valence-corrected chi connectivity index (χ3v) is 3.29. The minimum atomic E-state index is 0.418. The molecule has 0 aliphatic heterocycles. The van der Waals surface area contributed by atoms with Crippen molar-refractivity contribution in [1.29, 1.82) is 0 Å². The lowest BCUT2D eigenvalue weighted by Crippen LogP contribution is -2.20. The fourth-order valence-corrected chi connectivity index (χ4v) is 2.27. The molecule has 0 saturated heterocycles. The summed E-state index contributed by atoms with van der Waals surface area (Å²) in [5, 5.41) is 3.88. The predicted molar refractivity (Wildman–Crippen MR) is 58.8 cm³/mol. The molecule has 5 heteroatoms. The Morgan fingerprint density at radius 3 is 2.75 bits per heavy atom. The van der Waals surface area contributed by atoms with Gasteiger partial charge in [-0.2, -0.15) is 4.98 Å². The lowest BCUT2D eigenvalue weighted by Gasteiger charge is -2.24. The van der Waals surface area contributed by atoms with Crippen LogP contribution in [0.25, 0.3) is 0 Å². The van der Waals surface area contributed by atoms with Gasteiger partial charge < -0.3 is 15.0 Å². The van der Waals surface area contributed by atoms with E-state index in [1.54, 1.807) is 7.11 Å². The monoisotopic (exact) mass is 225 g/mol. The van der Waals surface area contributed by atoms with Crippen molar-refractivity contribution in [3.63, 3.8) is 0 Å². The maximum Gasteiger partial charge on any atom is 0.229 e. The van der Waals surface area contributed by atoms with Crippen molar-refractivity contribution in [2.24, 2.45) is 11.7 Å². The van der Waals surface area contributed by atoms with Crippen molar-refractivity contribution >= 4 is 0 Å². The smallest absolute Gasteiger partial charge is 0.229 e. The van der Waals surface area contributed by atoms with E-state index in [0.29, 0.717) is 24.3 Å². The van der Waals surface area contributed by atoms with Crippen LogP contribution < -0.4 is 5.73 Å². The zero-order valence-corrected chi connectivity index (χ0v) is 9.69. The van der Waals surface area contributed by atoms with Crippen molar-refractivity contribution < 1.29 is 9.26 Å². The van der Waals surface area contributed by atoms with Gasteiger partial charge in [-0.05, 0) is 38.1 Å². The molecule has 0 amide bonds. The highest BCUT2D eigenvalue weighted by atomic mass is 16.5. The molecule has 1 aliphatic rings. The number of hydrogen-bond donors (Lipinski definition) is 1. The van der Waals surface area contributed by atoms with E-state index in [-0.39, 0.29) is 0 Å². The van der Waals surface area contributed by atoms with Gasteiger partial charge in [0.2, 0.25) is 5.89 Å². The molecule has 1 aromatic heterocycles. The molecule has 2 rings (SSSR count). The lowest BCUT2D eigenvalue weighted by molar-refractivity contribution is 0.174. The van der Waals surface area contributed by atoms with Gasteiger partial charge in [0.05, 0.1) is 0 Å². The number of aromatic nitrogens is 2.